The maximum Gasteiger partial charge on any atom is 0.133 e. The van der Waals surface area contributed by atoms with E-state index in [-0.39, 0.29) is 6.10 Å². The van der Waals surface area contributed by atoms with Crippen molar-refractivity contribution in [1.29, 1.82) is 0 Å². The number of aryl methyl sites for hydroxylation is 2. The monoisotopic (exact) mass is 379 g/mol. The zero-order valence-corrected chi connectivity index (χ0v) is 17.0. The Labute approximate surface area is 166 Å². The molecule has 3 heterocycles. The van der Waals surface area contributed by atoms with Crippen molar-refractivity contribution in [2.75, 3.05) is 25.0 Å². The van der Waals surface area contributed by atoms with Crippen molar-refractivity contribution >= 4 is 16.7 Å². The minimum Gasteiger partial charge on any atom is -0.391 e. The number of aliphatic hydroxyl groups excluding tert-OH is 1. The molecular formula is C22H29N5O. The third-order valence-electron chi connectivity index (χ3n) is 5.37. The molecule has 0 radical (unpaired) electrons. The number of rotatable bonds is 5. The van der Waals surface area contributed by atoms with Gasteiger partial charge >= 0.3 is 0 Å². The number of hydrogen-bond acceptors (Lipinski definition) is 5. The second-order valence-electron chi connectivity index (χ2n) is 8.10. The predicted octanol–water partition coefficient (Wildman–Crippen LogP) is 2.87. The van der Waals surface area contributed by atoms with Gasteiger partial charge in [0.05, 0.1) is 17.8 Å². The van der Waals surface area contributed by atoms with E-state index >= 15 is 0 Å². The van der Waals surface area contributed by atoms with Gasteiger partial charge in [0.2, 0.25) is 0 Å². The lowest BCUT2D eigenvalue weighted by Gasteiger charge is -2.33. The minimum absolute atomic E-state index is 0.273. The van der Waals surface area contributed by atoms with Crippen LogP contribution in [0.15, 0.2) is 36.7 Å². The van der Waals surface area contributed by atoms with Crippen molar-refractivity contribution in [3.8, 4) is 0 Å². The van der Waals surface area contributed by atoms with Crippen molar-refractivity contribution < 1.29 is 5.11 Å². The van der Waals surface area contributed by atoms with Crippen LogP contribution in [-0.2, 0) is 20.1 Å². The summed E-state index contributed by atoms with van der Waals surface area (Å²) < 4.78 is 1.84. The summed E-state index contributed by atoms with van der Waals surface area (Å²) in [7, 11) is 4.07. The van der Waals surface area contributed by atoms with E-state index in [9.17, 15) is 5.11 Å². The Balaban J connectivity index is 1.66. The average molecular weight is 380 g/mol. The summed E-state index contributed by atoms with van der Waals surface area (Å²) in [5.74, 6) is 1.01. The van der Waals surface area contributed by atoms with Crippen molar-refractivity contribution in [3.63, 3.8) is 0 Å². The summed E-state index contributed by atoms with van der Waals surface area (Å²) in [4.78, 5) is 9.55. The number of anilines is 1. The van der Waals surface area contributed by atoms with Crippen LogP contribution < -0.4 is 4.90 Å². The van der Waals surface area contributed by atoms with E-state index in [1.807, 2.05) is 17.9 Å². The minimum atomic E-state index is -0.273. The van der Waals surface area contributed by atoms with Gasteiger partial charge in [-0.3, -0.25) is 9.58 Å². The van der Waals surface area contributed by atoms with Gasteiger partial charge in [0.1, 0.15) is 5.82 Å². The molecule has 1 fully saturated rings. The van der Waals surface area contributed by atoms with Crippen LogP contribution >= 0.6 is 0 Å². The average Bonchev–Trinajstić information content (AvgIpc) is 3.05. The fraction of sp³-hybridized carbons (Fsp3) is 0.455. The van der Waals surface area contributed by atoms with Gasteiger partial charge < -0.3 is 10.0 Å². The van der Waals surface area contributed by atoms with E-state index < -0.39 is 0 Å². The van der Waals surface area contributed by atoms with Crippen molar-refractivity contribution in [3.05, 3.63) is 53.3 Å². The maximum absolute atomic E-state index is 10.2. The van der Waals surface area contributed by atoms with E-state index in [1.165, 1.54) is 22.1 Å². The Kier molecular flexibility index (Phi) is 5.33. The number of aromatic nitrogens is 3. The zero-order chi connectivity index (χ0) is 19.7. The first kappa shape index (κ1) is 18.9. The molecule has 6 heteroatoms. The number of benzene rings is 1. The first-order chi connectivity index (χ1) is 13.5. The predicted molar refractivity (Wildman–Crippen MR) is 112 cm³/mol. The Morgan fingerprint density at radius 3 is 2.86 bits per heavy atom. The summed E-state index contributed by atoms with van der Waals surface area (Å²) in [6, 6.07) is 8.67. The van der Waals surface area contributed by atoms with E-state index in [0.717, 1.165) is 43.8 Å². The first-order valence-electron chi connectivity index (χ1n) is 9.97. The molecule has 0 bridgehead atoms. The summed E-state index contributed by atoms with van der Waals surface area (Å²) >= 11 is 0. The van der Waals surface area contributed by atoms with Gasteiger partial charge in [-0.15, -0.1) is 0 Å². The van der Waals surface area contributed by atoms with Gasteiger partial charge in [-0.05, 0) is 45.0 Å². The molecule has 0 aliphatic carbocycles. The largest absolute Gasteiger partial charge is 0.391 e. The Hall–Kier alpha value is -2.44. The second kappa shape index (κ2) is 7.89. The molecule has 1 aromatic carbocycles. The van der Waals surface area contributed by atoms with E-state index in [1.54, 1.807) is 0 Å². The van der Waals surface area contributed by atoms with E-state index in [0.29, 0.717) is 6.54 Å². The lowest BCUT2D eigenvalue weighted by molar-refractivity contribution is 0.153. The van der Waals surface area contributed by atoms with Crippen LogP contribution in [-0.4, -0.2) is 51.0 Å². The molecule has 1 atom stereocenters. The summed E-state index contributed by atoms with van der Waals surface area (Å²) in [5, 5.41) is 15.6. The smallest absolute Gasteiger partial charge is 0.133 e. The normalized spacial score (nSPS) is 17.6. The molecule has 1 unspecified atom stereocenters. The molecule has 0 saturated carbocycles. The number of pyridine rings is 1. The molecular weight excluding hydrogens is 350 g/mol. The quantitative estimate of drug-likeness (QED) is 0.739. The van der Waals surface area contributed by atoms with Crippen molar-refractivity contribution in [1.82, 2.24) is 19.7 Å². The summed E-state index contributed by atoms with van der Waals surface area (Å²) in [6.45, 7) is 5.35. The number of aliphatic hydroxyl groups is 1. The molecule has 4 rings (SSSR count). The highest BCUT2D eigenvalue weighted by Crippen LogP contribution is 2.28. The molecule has 1 aliphatic heterocycles. The van der Waals surface area contributed by atoms with Crippen LogP contribution in [0.1, 0.15) is 29.5 Å². The Morgan fingerprint density at radius 2 is 2.11 bits per heavy atom. The van der Waals surface area contributed by atoms with Crippen LogP contribution in [0.5, 0.6) is 0 Å². The van der Waals surface area contributed by atoms with Gasteiger partial charge in [-0.25, -0.2) is 4.98 Å². The standard InChI is InChI=1S/C22H29N5O/c1-16-6-7-21-18(9-16)10-19(14-25(2)12-17-11-23-26(3)13-17)22(24-21)27-8-4-5-20(28)15-27/h6-7,9-11,13,20,28H,4-5,8,12,14-15H2,1-3H3. The van der Waals surface area contributed by atoms with Crippen LogP contribution in [0.4, 0.5) is 5.82 Å². The number of hydrogen-bond donors (Lipinski definition) is 1. The van der Waals surface area contributed by atoms with Gasteiger partial charge in [0.15, 0.2) is 0 Å². The van der Waals surface area contributed by atoms with Crippen LogP contribution in [0.2, 0.25) is 0 Å². The summed E-state index contributed by atoms with van der Waals surface area (Å²) in [5.41, 5.74) is 4.66. The number of fused-ring (bicyclic) bond motifs is 1. The lowest BCUT2D eigenvalue weighted by Crippen LogP contribution is -2.39. The van der Waals surface area contributed by atoms with Crippen LogP contribution in [0.3, 0.4) is 0 Å². The fourth-order valence-electron chi connectivity index (χ4n) is 4.08. The maximum atomic E-state index is 10.2. The van der Waals surface area contributed by atoms with Gasteiger partial charge in [-0.1, -0.05) is 11.6 Å². The molecule has 1 saturated heterocycles. The topological polar surface area (TPSA) is 57.4 Å². The van der Waals surface area contributed by atoms with Crippen molar-refractivity contribution in [2.24, 2.45) is 7.05 Å². The Bertz CT molecular complexity index is 967. The Morgan fingerprint density at radius 1 is 1.25 bits per heavy atom. The third-order valence-corrected chi connectivity index (χ3v) is 5.37. The highest BCUT2D eigenvalue weighted by atomic mass is 16.3. The van der Waals surface area contributed by atoms with Gasteiger partial charge in [0.25, 0.3) is 0 Å². The number of piperidine rings is 1. The molecule has 28 heavy (non-hydrogen) atoms. The van der Waals surface area contributed by atoms with Crippen LogP contribution in [0.25, 0.3) is 10.9 Å². The molecule has 2 aromatic heterocycles. The molecule has 1 N–H and O–H groups in total. The van der Waals surface area contributed by atoms with Gasteiger partial charge in [-0.2, -0.15) is 5.10 Å². The van der Waals surface area contributed by atoms with E-state index in [4.69, 9.17) is 4.98 Å². The second-order valence-corrected chi connectivity index (χ2v) is 8.10. The van der Waals surface area contributed by atoms with E-state index in [2.05, 4.69) is 59.3 Å². The zero-order valence-electron chi connectivity index (χ0n) is 17.0. The highest BCUT2D eigenvalue weighted by molar-refractivity contribution is 5.82. The molecule has 6 nitrogen and oxygen atoms in total. The molecule has 148 valence electrons. The van der Waals surface area contributed by atoms with Gasteiger partial charge in [0, 0.05) is 55.9 Å². The lowest BCUT2D eigenvalue weighted by atomic mass is 10.1. The fourth-order valence-corrected chi connectivity index (χ4v) is 4.08. The third kappa shape index (κ3) is 4.18. The molecule has 0 amide bonds. The molecule has 3 aromatic rings. The SMILES string of the molecule is Cc1ccc2nc(N3CCCC(O)C3)c(CN(C)Cc3cnn(C)c3)cc2c1. The molecule has 0 spiro atoms. The van der Waals surface area contributed by atoms with Crippen molar-refractivity contribution in [2.45, 2.75) is 39.0 Å². The molecule has 1 aliphatic rings. The summed E-state index contributed by atoms with van der Waals surface area (Å²) in [6.07, 6.45) is 5.57. The number of nitrogens with zero attached hydrogens (tertiary/aromatic N) is 5. The van der Waals surface area contributed by atoms with Crippen LogP contribution in [0, 0.1) is 6.92 Å². The number of β-amino-alcohol motifs (C(OH)–C–C–N with tert-alkyl or cyclic N) is 1. The highest BCUT2D eigenvalue weighted by Gasteiger charge is 2.22. The first-order valence-corrected chi connectivity index (χ1v) is 9.97.